The molecule has 2 nitrogen and oxygen atoms in total. The number of unbranched alkanes of at least 4 members (excludes halogenated alkanes) is 3. The van der Waals surface area contributed by atoms with E-state index in [2.05, 4.69) is 13.8 Å². The van der Waals surface area contributed by atoms with E-state index < -0.39 is 0 Å². The van der Waals surface area contributed by atoms with Crippen LogP contribution in [0.3, 0.4) is 0 Å². The van der Waals surface area contributed by atoms with E-state index in [1.54, 1.807) is 0 Å². The van der Waals surface area contributed by atoms with Crippen LogP contribution in [0.1, 0.15) is 64.4 Å². The highest BCUT2D eigenvalue weighted by Gasteiger charge is 2.15. The largest absolute Gasteiger partial charge is 0.465 e. The lowest BCUT2D eigenvalue weighted by Crippen LogP contribution is -2.13. The molecule has 0 fully saturated rings. The Morgan fingerprint density at radius 1 is 1.00 bits per heavy atom. The van der Waals surface area contributed by atoms with E-state index in [4.69, 9.17) is 4.74 Å². The van der Waals surface area contributed by atoms with Crippen LogP contribution in [0.5, 0.6) is 0 Å². The summed E-state index contributed by atoms with van der Waals surface area (Å²) in [5, 5.41) is 0. The average molecular weight is 276 g/mol. The fraction of sp³-hybridized carbons (Fsp3) is 0.611. The Labute approximate surface area is 123 Å². The van der Waals surface area contributed by atoms with E-state index >= 15 is 0 Å². The van der Waals surface area contributed by atoms with Crippen LogP contribution in [0.15, 0.2) is 30.3 Å². The Bertz CT molecular complexity index is 370. The fourth-order valence-corrected chi connectivity index (χ4v) is 2.18. The van der Waals surface area contributed by atoms with Gasteiger partial charge >= 0.3 is 5.97 Å². The summed E-state index contributed by atoms with van der Waals surface area (Å²) in [6.07, 6.45) is 5.95. The van der Waals surface area contributed by atoms with Gasteiger partial charge in [0, 0.05) is 0 Å². The highest BCUT2D eigenvalue weighted by atomic mass is 16.5. The van der Waals surface area contributed by atoms with Crippen molar-refractivity contribution in [1.29, 1.82) is 0 Å². The molecule has 0 aliphatic heterocycles. The predicted molar refractivity (Wildman–Crippen MR) is 83.7 cm³/mol. The molecule has 1 aromatic carbocycles. The van der Waals surface area contributed by atoms with Crippen LogP contribution in [0.4, 0.5) is 0 Å². The topological polar surface area (TPSA) is 26.3 Å². The molecule has 0 saturated carbocycles. The Kier molecular flexibility index (Phi) is 8.01. The van der Waals surface area contributed by atoms with Crippen LogP contribution in [0.25, 0.3) is 0 Å². The third-order valence-electron chi connectivity index (χ3n) is 3.57. The van der Waals surface area contributed by atoms with Crippen molar-refractivity contribution in [2.24, 2.45) is 5.92 Å². The minimum atomic E-state index is -0.169. The molecule has 1 rings (SSSR count). The lowest BCUT2D eigenvalue weighted by atomic mass is 10.0. The van der Waals surface area contributed by atoms with E-state index in [0.29, 0.717) is 6.61 Å². The van der Waals surface area contributed by atoms with Gasteiger partial charge in [-0.3, -0.25) is 4.79 Å². The van der Waals surface area contributed by atoms with Gasteiger partial charge in [-0.1, -0.05) is 69.9 Å². The van der Waals surface area contributed by atoms with Gasteiger partial charge in [-0.05, 0) is 24.8 Å². The highest BCUT2D eigenvalue weighted by molar-refractivity contribution is 5.77. The first-order valence-electron chi connectivity index (χ1n) is 7.83. The average Bonchev–Trinajstić information content (AvgIpc) is 2.45. The molecule has 1 aromatic rings. The molecular formula is C18H28O2. The molecule has 20 heavy (non-hydrogen) atoms. The van der Waals surface area contributed by atoms with Crippen LogP contribution in [0.2, 0.25) is 0 Å². The van der Waals surface area contributed by atoms with Crippen LogP contribution in [-0.2, 0) is 9.53 Å². The molecule has 112 valence electrons. The van der Waals surface area contributed by atoms with E-state index in [0.717, 1.165) is 24.3 Å². The summed E-state index contributed by atoms with van der Waals surface area (Å²) in [6.45, 7) is 6.97. The lowest BCUT2D eigenvalue weighted by molar-refractivity contribution is -0.145. The highest BCUT2D eigenvalue weighted by Crippen LogP contribution is 2.16. The van der Waals surface area contributed by atoms with Crippen LogP contribution in [0, 0.1) is 5.92 Å². The SMILES string of the molecule is CC(C)CCCCCCOC(=O)C(C)c1ccccc1. The van der Waals surface area contributed by atoms with Crippen molar-refractivity contribution in [3.05, 3.63) is 35.9 Å². The maximum Gasteiger partial charge on any atom is 0.313 e. The number of benzene rings is 1. The Morgan fingerprint density at radius 3 is 2.30 bits per heavy atom. The minimum absolute atomic E-state index is 0.113. The van der Waals surface area contributed by atoms with Gasteiger partial charge in [0.1, 0.15) is 0 Å². The number of rotatable bonds is 9. The Morgan fingerprint density at radius 2 is 1.65 bits per heavy atom. The molecule has 0 heterocycles. The van der Waals surface area contributed by atoms with E-state index in [-0.39, 0.29) is 11.9 Å². The van der Waals surface area contributed by atoms with Gasteiger partial charge in [0.2, 0.25) is 0 Å². The molecule has 1 unspecified atom stereocenters. The van der Waals surface area contributed by atoms with Crippen LogP contribution >= 0.6 is 0 Å². The minimum Gasteiger partial charge on any atom is -0.465 e. The monoisotopic (exact) mass is 276 g/mol. The number of ether oxygens (including phenoxy) is 1. The molecule has 0 saturated heterocycles. The van der Waals surface area contributed by atoms with Gasteiger partial charge in [-0.2, -0.15) is 0 Å². The summed E-state index contributed by atoms with van der Waals surface area (Å²) in [5.74, 6) is 0.509. The molecular weight excluding hydrogens is 248 g/mol. The molecule has 0 amide bonds. The second-order valence-corrected chi connectivity index (χ2v) is 5.90. The molecule has 0 bridgehead atoms. The number of carbonyl (C=O) groups is 1. The summed E-state index contributed by atoms with van der Waals surface area (Å²) in [6, 6.07) is 9.80. The summed E-state index contributed by atoms with van der Waals surface area (Å²) in [4.78, 5) is 11.9. The first kappa shape index (κ1) is 16.7. The first-order chi connectivity index (χ1) is 9.61. The molecule has 0 aliphatic rings. The standard InChI is InChI=1S/C18H28O2/c1-15(2)11-7-4-5-10-14-20-18(19)16(3)17-12-8-6-9-13-17/h6,8-9,12-13,15-16H,4-5,7,10-11,14H2,1-3H3. The van der Waals surface area contributed by atoms with Crippen molar-refractivity contribution in [3.63, 3.8) is 0 Å². The third-order valence-corrected chi connectivity index (χ3v) is 3.57. The lowest BCUT2D eigenvalue weighted by Gasteiger charge is -2.11. The van der Waals surface area contributed by atoms with Crippen molar-refractivity contribution in [1.82, 2.24) is 0 Å². The second-order valence-electron chi connectivity index (χ2n) is 5.90. The Balaban J connectivity index is 2.11. The predicted octanol–water partition coefficient (Wildman–Crippen LogP) is 4.94. The van der Waals surface area contributed by atoms with Gasteiger partial charge in [0.05, 0.1) is 12.5 Å². The molecule has 0 radical (unpaired) electrons. The second kappa shape index (κ2) is 9.57. The normalized spacial score (nSPS) is 12.4. The summed E-state index contributed by atoms with van der Waals surface area (Å²) >= 11 is 0. The van der Waals surface area contributed by atoms with Crippen molar-refractivity contribution in [2.75, 3.05) is 6.61 Å². The molecule has 2 heteroatoms. The van der Waals surface area contributed by atoms with Crippen molar-refractivity contribution in [3.8, 4) is 0 Å². The zero-order chi connectivity index (χ0) is 14.8. The number of hydrogen-bond acceptors (Lipinski definition) is 2. The fourth-order valence-electron chi connectivity index (χ4n) is 2.18. The molecule has 0 aliphatic carbocycles. The zero-order valence-electron chi connectivity index (χ0n) is 13.1. The van der Waals surface area contributed by atoms with Crippen molar-refractivity contribution >= 4 is 5.97 Å². The molecule has 1 atom stereocenters. The number of carbonyl (C=O) groups excluding carboxylic acids is 1. The maximum absolute atomic E-state index is 11.9. The van der Waals surface area contributed by atoms with Gasteiger partial charge in [-0.15, -0.1) is 0 Å². The summed E-state index contributed by atoms with van der Waals surface area (Å²) in [5.41, 5.74) is 1.02. The smallest absolute Gasteiger partial charge is 0.313 e. The number of hydrogen-bond donors (Lipinski definition) is 0. The Hall–Kier alpha value is -1.31. The maximum atomic E-state index is 11.9. The van der Waals surface area contributed by atoms with Crippen LogP contribution in [-0.4, -0.2) is 12.6 Å². The molecule has 0 N–H and O–H groups in total. The number of esters is 1. The van der Waals surface area contributed by atoms with E-state index in [9.17, 15) is 4.79 Å². The van der Waals surface area contributed by atoms with Crippen molar-refractivity contribution < 1.29 is 9.53 Å². The van der Waals surface area contributed by atoms with Crippen LogP contribution < -0.4 is 0 Å². The van der Waals surface area contributed by atoms with E-state index in [1.165, 1.54) is 19.3 Å². The summed E-state index contributed by atoms with van der Waals surface area (Å²) in [7, 11) is 0. The van der Waals surface area contributed by atoms with E-state index in [1.807, 2.05) is 37.3 Å². The van der Waals surface area contributed by atoms with Gasteiger partial charge in [0.15, 0.2) is 0 Å². The quantitative estimate of drug-likeness (QED) is 0.471. The van der Waals surface area contributed by atoms with Gasteiger partial charge < -0.3 is 4.74 Å². The van der Waals surface area contributed by atoms with Crippen molar-refractivity contribution in [2.45, 2.75) is 58.8 Å². The van der Waals surface area contributed by atoms with Gasteiger partial charge in [0.25, 0.3) is 0 Å². The first-order valence-corrected chi connectivity index (χ1v) is 7.83. The molecule has 0 spiro atoms. The molecule has 0 aromatic heterocycles. The summed E-state index contributed by atoms with van der Waals surface area (Å²) < 4.78 is 5.35. The van der Waals surface area contributed by atoms with Gasteiger partial charge in [-0.25, -0.2) is 0 Å². The zero-order valence-corrected chi connectivity index (χ0v) is 13.1. The third kappa shape index (κ3) is 6.74.